The topological polar surface area (TPSA) is 38.5 Å². The molecule has 3 nitrogen and oxygen atoms in total. The second kappa shape index (κ2) is 22.5. The van der Waals surface area contributed by atoms with Gasteiger partial charge in [0.25, 0.3) is 0 Å². The largest absolute Gasteiger partial charge is 0.373 e. The fourth-order valence-electron chi connectivity index (χ4n) is 4.94. The number of piperidine rings is 1. The zero-order valence-electron chi connectivity index (χ0n) is 25.9. The number of likely N-dealkylation sites (tertiary alicyclic amines) is 1. The number of benzene rings is 2. The molecule has 4 rings (SSSR count). The Hall–Kier alpha value is -2.27. The van der Waals surface area contributed by atoms with Crippen LogP contribution >= 0.6 is 0 Å². The number of hydrogen-bond donors (Lipinski definition) is 1. The van der Waals surface area contributed by atoms with Crippen LogP contribution in [0.3, 0.4) is 0 Å². The molecule has 39 heavy (non-hydrogen) atoms. The van der Waals surface area contributed by atoms with Crippen LogP contribution in [-0.2, 0) is 4.74 Å². The number of nitrogens with two attached hydrogens (primary N) is 1. The third-order valence-electron chi connectivity index (χ3n) is 6.50. The van der Waals surface area contributed by atoms with Crippen LogP contribution < -0.4 is 5.73 Å². The molecule has 2 unspecified atom stereocenters. The molecule has 1 saturated heterocycles. The fourth-order valence-corrected chi connectivity index (χ4v) is 4.94. The molecule has 1 saturated carbocycles. The summed E-state index contributed by atoms with van der Waals surface area (Å²) in [6, 6.07) is 13.5. The van der Waals surface area contributed by atoms with Crippen molar-refractivity contribution in [2.24, 2.45) is 11.7 Å². The highest BCUT2D eigenvalue weighted by Gasteiger charge is 2.30. The van der Waals surface area contributed by atoms with E-state index >= 15 is 0 Å². The van der Waals surface area contributed by atoms with Gasteiger partial charge >= 0.3 is 0 Å². The Morgan fingerprint density at radius 1 is 1.03 bits per heavy atom. The maximum absolute atomic E-state index is 14.9. The van der Waals surface area contributed by atoms with Crippen LogP contribution in [0.2, 0.25) is 0 Å². The van der Waals surface area contributed by atoms with E-state index in [-0.39, 0.29) is 11.9 Å². The van der Waals surface area contributed by atoms with Crippen molar-refractivity contribution in [1.82, 2.24) is 4.90 Å². The summed E-state index contributed by atoms with van der Waals surface area (Å²) in [5.41, 5.74) is 9.43. The molecule has 0 spiro atoms. The summed E-state index contributed by atoms with van der Waals surface area (Å²) in [5, 5.41) is 0. The van der Waals surface area contributed by atoms with E-state index in [1.807, 2.05) is 45.0 Å². The highest BCUT2D eigenvalue weighted by molar-refractivity contribution is 5.69. The van der Waals surface area contributed by atoms with Crippen LogP contribution in [0.25, 0.3) is 11.1 Å². The molecule has 1 heterocycles. The van der Waals surface area contributed by atoms with Gasteiger partial charge in [0, 0.05) is 24.6 Å². The van der Waals surface area contributed by atoms with Gasteiger partial charge in [0.15, 0.2) is 0 Å². The maximum atomic E-state index is 14.9. The van der Waals surface area contributed by atoms with Crippen molar-refractivity contribution in [3.05, 3.63) is 84.7 Å². The molecular formula is C35H57FN2O. The summed E-state index contributed by atoms with van der Waals surface area (Å²) in [7, 11) is 3.66. The highest BCUT2D eigenvalue weighted by atomic mass is 19.1. The molecule has 2 aromatic rings. The van der Waals surface area contributed by atoms with E-state index in [1.165, 1.54) is 51.1 Å². The molecule has 2 atom stereocenters. The average molecular weight is 541 g/mol. The standard InChI is InChI=1S/C23H30FNO.C5H10.C4H8.C2H4.CH5N/c1-4-14-26-23(19-10-7-13-25(3)16-19)20-11-6-12-21(24)22(20)18-9-5-8-17(2)15-18;1-2-4-5-3-1;1-4(2)3;2*1-2/h5-6,8-9,11-12,15,19,23H,4,7,10,13-14,16H2,1-3H3;1-5H2;1H2,2-3H3;1-2H2;2H2,1H3. The van der Waals surface area contributed by atoms with E-state index in [4.69, 9.17) is 4.74 Å². The summed E-state index contributed by atoms with van der Waals surface area (Å²) in [6.07, 6.45) is 10.7. The van der Waals surface area contributed by atoms with Crippen molar-refractivity contribution >= 4 is 0 Å². The Morgan fingerprint density at radius 2 is 1.59 bits per heavy atom. The smallest absolute Gasteiger partial charge is 0.131 e. The second-order valence-corrected chi connectivity index (χ2v) is 10.5. The number of hydrogen-bond acceptors (Lipinski definition) is 3. The van der Waals surface area contributed by atoms with Crippen molar-refractivity contribution in [2.45, 2.75) is 85.2 Å². The summed E-state index contributed by atoms with van der Waals surface area (Å²) in [5.74, 6) is 0.230. The third kappa shape index (κ3) is 14.6. The first-order valence-corrected chi connectivity index (χ1v) is 14.7. The Bertz CT molecular complexity index is 898. The van der Waals surface area contributed by atoms with Crippen molar-refractivity contribution < 1.29 is 9.13 Å². The molecule has 0 aromatic heterocycles. The first-order chi connectivity index (χ1) is 18.8. The zero-order chi connectivity index (χ0) is 29.6. The number of nitrogens with zero attached hydrogens (tertiary/aromatic N) is 1. The lowest BCUT2D eigenvalue weighted by atomic mass is 9.84. The van der Waals surface area contributed by atoms with Gasteiger partial charge < -0.3 is 15.4 Å². The molecule has 0 amide bonds. The Balaban J connectivity index is 0.000000927. The SMILES string of the molecule is C1CCCC1.C=C.C=C(C)C.CCCOC(c1cccc(F)c1-c1cccc(C)c1)C1CCCN(C)C1.CN. The Morgan fingerprint density at radius 3 is 2.10 bits per heavy atom. The summed E-state index contributed by atoms with van der Waals surface area (Å²) in [4.78, 5) is 2.36. The molecular weight excluding hydrogens is 483 g/mol. The number of aryl methyl sites for hydroxylation is 1. The van der Waals surface area contributed by atoms with Crippen molar-refractivity contribution in [3.63, 3.8) is 0 Å². The van der Waals surface area contributed by atoms with Crippen molar-refractivity contribution in [3.8, 4) is 11.1 Å². The predicted molar refractivity (Wildman–Crippen MR) is 171 cm³/mol. The Kier molecular flexibility index (Phi) is 21.2. The van der Waals surface area contributed by atoms with Crippen LogP contribution in [-0.4, -0.2) is 38.7 Å². The minimum absolute atomic E-state index is 0.0658. The molecule has 0 bridgehead atoms. The summed E-state index contributed by atoms with van der Waals surface area (Å²) >= 11 is 0. The zero-order valence-corrected chi connectivity index (χ0v) is 25.9. The molecule has 2 N–H and O–H groups in total. The van der Waals surface area contributed by atoms with Crippen LogP contribution in [0.4, 0.5) is 4.39 Å². The number of halogens is 1. The summed E-state index contributed by atoms with van der Waals surface area (Å²) < 4.78 is 21.2. The highest BCUT2D eigenvalue weighted by Crippen LogP contribution is 2.39. The van der Waals surface area contributed by atoms with Crippen LogP contribution in [0.15, 0.2) is 67.8 Å². The molecule has 2 fully saturated rings. The number of rotatable bonds is 6. The first-order valence-electron chi connectivity index (χ1n) is 14.7. The van der Waals surface area contributed by atoms with Crippen molar-refractivity contribution in [1.29, 1.82) is 0 Å². The van der Waals surface area contributed by atoms with E-state index < -0.39 is 0 Å². The van der Waals surface area contributed by atoms with Gasteiger partial charge in [-0.05, 0) is 77.9 Å². The van der Waals surface area contributed by atoms with Crippen LogP contribution in [0.1, 0.15) is 89.4 Å². The lowest BCUT2D eigenvalue weighted by molar-refractivity contribution is -0.0117. The molecule has 2 aromatic carbocycles. The van der Waals surface area contributed by atoms with E-state index in [0.717, 1.165) is 42.6 Å². The van der Waals surface area contributed by atoms with E-state index in [0.29, 0.717) is 18.1 Å². The fraction of sp³-hybridized carbons (Fsp3) is 0.543. The molecule has 2 aliphatic rings. The quantitative estimate of drug-likeness (QED) is 0.371. The first kappa shape index (κ1) is 36.7. The van der Waals surface area contributed by atoms with Gasteiger partial charge in [0.05, 0.1) is 6.10 Å². The van der Waals surface area contributed by atoms with E-state index in [2.05, 4.69) is 56.5 Å². The third-order valence-corrected chi connectivity index (χ3v) is 6.50. The van der Waals surface area contributed by atoms with Gasteiger partial charge in [-0.1, -0.05) is 86.6 Å². The summed E-state index contributed by atoms with van der Waals surface area (Å²) in [6.45, 7) is 20.5. The number of allylic oxidation sites excluding steroid dienone is 1. The van der Waals surface area contributed by atoms with Gasteiger partial charge in [0.2, 0.25) is 0 Å². The lowest BCUT2D eigenvalue weighted by Gasteiger charge is -2.36. The lowest BCUT2D eigenvalue weighted by Crippen LogP contribution is -2.36. The molecule has 1 aliphatic heterocycles. The normalized spacial score (nSPS) is 17.0. The second-order valence-electron chi connectivity index (χ2n) is 10.5. The van der Waals surface area contributed by atoms with Gasteiger partial charge in [-0.3, -0.25) is 0 Å². The van der Waals surface area contributed by atoms with Crippen LogP contribution in [0, 0.1) is 18.7 Å². The van der Waals surface area contributed by atoms with Crippen LogP contribution in [0.5, 0.6) is 0 Å². The minimum Gasteiger partial charge on any atom is -0.373 e. The van der Waals surface area contributed by atoms with Gasteiger partial charge in [-0.25, -0.2) is 4.39 Å². The molecule has 0 radical (unpaired) electrons. The van der Waals surface area contributed by atoms with E-state index in [9.17, 15) is 4.39 Å². The van der Waals surface area contributed by atoms with Gasteiger partial charge in [-0.15, -0.1) is 19.7 Å². The molecule has 220 valence electrons. The minimum atomic E-state index is -0.164. The maximum Gasteiger partial charge on any atom is 0.131 e. The number of ether oxygens (including phenoxy) is 1. The Labute approximate surface area is 240 Å². The monoisotopic (exact) mass is 540 g/mol. The average Bonchev–Trinajstić information content (AvgIpc) is 3.52. The predicted octanol–water partition coefficient (Wildman–Crippen LogP) is 9.52. The van der Waals surface area contributed by atoms with Gasteiger partial charge in [0.1, 0.15) is 5.82 Å². The van der Waals surface area contributed by atoms with Crippen molar-refractivity contribution in [2.75, 3.05) is 33.8 Å². The molecule has 1 aliphatic carbocycles. The van der Waals surface area contributed by atoms with E-state index in [1.54, 1.807) is 6.07 Å². The van der Waals surface area contributed by atoms with Gasteiger partial charge in [-0.2, -0.15) is 0 Å². The molecule has 4 heteroatoms.